The summed E-state index contributed by atoms with van der Waals surface area (Å²) in [6.45, 7) is 1.96. The van der Waals surface area contributed by atoms with E-state index in [1.54, 1.807) is 11.8 Å². The Labute approximate surface area is 142 Å². The predicted molar refractivity (Wildman–Crippen MR) is 96.8 cm³/mol. The molecule has 0 atom stereocenters. The van der Waals surface area contributed by atoms with E-state index in [1.165, 1.54) is 23.1 Å². The number of hydrogen-bond acceptors (Lipinski definition) is 3. The predicted octanol–water partition coefficient (Wildman–Crippen LogP) is 4.38. The number of halogens is 2. The molecule has 1 aliphatic rings. The maximum Gasteiger partial charge on any atom is 0.161 e. The van der Waals surface area contributed by atoms with Gasteiger partial charge in [-0.15, -0.1) is 24.0 Å². The largest absolute Gasteiger partial charge is 0.365 e. The summed E-state index contributed by atoms with van der Waals surface area (Å²) in [5.74, 6) is 0. The first kappa shape index (κ1) is 15.2. The van der Waals surface area contributed by atoms with Crippen molar-refractivity contribution >= 4 is 67.7 Å². The van der Waals surface area contributed by atoms with Crippen LogP contribution >= 0.6 is 51.7 Å². The average Bonchev–Trinajstić information content (AvgIpc) is 2.60. The summed E-state index contributed by atoms with van der Waals surface area (Å²) in [4.78, 5) is 9.09. The highest BCUT2D eigenvalue weighted by atomic mass is 127. The van der Waals surface area contributed by atoms with Crippen LogP contribution in [0.4, 0.5) is 0 Å². The molecule has 2 N–H and O–H groups in total. The van der Waals surface area contributed by atoms with E-state index in [9.17, 15) is 0 Å². The summed E-state index contributed by atoms with van der Waals surface area (Å²) in [5.41, 5.74) is 1.16. The van der Waals surface area contributed by atoms with Gasteiger partial charge in [0.05, 0.1) is 0 Å². The maximum atomic E-state index is 4.57. The quantitative estimate of drug-likeness (QED) is 0.631. The molecule has 1 aliphatic heterocycles. The number of aromatic amines is 1. The summed E-state index contributed by atoms with van der Waals surface area (Å²) in [6, 6.07) is 6.28. The highest BCUT2D eigenvalue weighted by molar-refractivity contribution is 14.0. The summed E-state index contributed by atoms with van der Waals surface area (Å²) in [6.07, 6.45) is 4.43. The van der Waals surface area contributed by atoms with Crippen LogP contribution in [0.3, 0.4) is 0 Å². The average molecular weight is 452 g/mol. The van der Waals surface area contributed by atoms with Crippen LogP contribution < -0.4 is 5.32 Å². The van der Waals surface area contributed by atoms with Crippen molar-refractivity contribution in [3.63, 3.8) is 0 Å². The Bertz CT molecular complexity index is 597. The molecule has 0 amide bonds. The lowest BCUT2D eigenvalue weighted by Gasteiger charge is -2.05. The zero-order valence-electron chi connectivity index (χ0n) is 10.3. The number of fused-ring (bicyclic) bond motifs is 1. The number of nitrogens with zero attached hydrogens (tertiary/aromatic N) is 1. The van der Waals surface area contributed by atoms with E-state index in [-0.39, 0.29) is 24.0 Å². The lowest BCUT2D eigenvalue weighted by molar-refractivity contribution is 0.750. The van der Waals surface area contributed by atoms with Crippen LogP contribution in [0, 0.1) is 0 Å². The summed E-state index contributed by atoms with van der Waals surface area (Å²) in [7, 11) is 0. The van der Waals surface area contributed by atoms with Gasteiger partial charge in [-0.3, -0.25) is 4.99 Å². The van der Waals surface area contributed by atoms with Crippen molar-refractivity contribution in [2.24, 2.45) is 4.99 Å². The van der Waals surface area contributed by atoms with E-state index in [2.05, 4.69) is 55.6 Å². The lowest BCUT2D eigenvalue weighted by Crippen LogP contribution is -2.19. The number of rotatable bonds is 1. The topological polar surface area (TPSA) is 40.2 Å². The molecular formula is C13H15BrIN3S. The molecular weight excluding hydrogens is 437 g/mol. The second kappa shape index (κ2) is 6.99. The van der Waals surface area contributed by atoms with Crippen molar-refractivity contribution in [3.8, 4) is 0 Å². The Morgan fingerprint density at radius 3 is 3.05 bits per heavy atom. The fourth-order valence-electron chi connectivity index (χ4n) is 1.99. The number of aromatic nitrogens is 1. The molecule has 1 aromatic carbocycles. The van der Waals surface area contributed by atoms with Crippen molar-refractivity contribution < 1.29 is 0 Å². The summed E-state index contributed by atoms with van der Waals surface area (Å²) >= 11 is 5.23. The van der Waals surface area contributed by atoms with Crippen molar-refractivity contribution in [1.82, 2.24) is 10.3 Å². The third-order valence-electron chi connectivity index (χ3n) is 2.93. The smallest absolute Gasteiger partial charge is 0.161 e. The molecule has 0 bridgehead atoms. The molecule has 0 unspecified atom stereocenters. The molecule has 19 heavy (non-hydrogen) atoms. The number of hydrogen-bond donors (Lipinski definition) is 2. The summed E-state index contributed by atoms with van der Waals surface area (Å²) < 4.78 is 1.10. The first-order valence-corrected chi connectivity index (χ1v) is 7.67. The van der Waals surface area contributed by atoms with Crippen LogP contribution in [0.1, 0.15) is 12.8 Å². The second-order valence-electron chi connectivity index (χ2n) is 4.27. The Morgan fingerprint density at radius 1 is 1.26 bits per heavy atom. The number of H-pyrrole nitrogens is 1. The Morgan fingerprint density at radius 2 is 2.16 bits per heavy atom. The highest BCUT2D eigenvalue weighted by Gasteiger charge is 2.10. The van der Waals surface area contributed by atoms with Crippen LogP contribution in [-0.4, -0.2) is 23.2 Å². The van der Waals surface area contributed by atoms with E-state index in [0.29, 0.717) is 0 Å². The highest BCUT2D eigenvalue weighted by Crippen LogP contribution is 2.30. The zero-order valence-corrected chi connectivity index (χ0v) is 15.0. The van der Waals surface area contributed by atoms with Gasteiger partial charge in [-0.2, -0.15) is 0 Å². The molecule has 6 heteroatoms. The van der Waals surface area contributed by atoms with Crippen LogP contribution in [-0.2, 0) is 0 Å². The Hall–Kier alpha value is -0.210. The number of thioether (sulfide) groups is 1. The number of nitrogens with one attached hydrogen (secondary N) is 2. The van der Waals surface area contributed by atoms with Gasteiger partial charge >= 0.3 is 0 Å². The van der Waals surface area contributed by atoms with Crippen molar-refractivity contribution in [2.75, 3.05) is 13.1 Å². The molecule has 3 nitrogen and oxygen atoms in total. The van der Waals surface area contributed by atoms with Gasteiger partial charge in [0, 0.05) is 39.6 Å². The molecule has 0 saturated heterocycles. The molecule has 0 radical (unpaired) electrons. The normalized spacial score (nSPS) is 15.3. The van der Waals surface area contributed by atoms with Crippen molar-refractivity contribution in [2.45, 2.75) is 17.7 Å². The van der Waals surface area contributed by atoms with Gasteiger partial charge in [-0.25, -0.2) is 0 Å². The minimum atomic E-state index is 0. The number of amidine groups is 1. The van der Waals surface area contributed by atoms with E-state index in [1.807, 2.05) is 0 Å². The van der Waals surface area contributed by atoms with Crippen LogP contribution in [0.15, 0.2) is 38.8 Å². The SMILES string of the molecule is Brc1ccc2[nH]cc(SC3=NCCCCN3)c2c1.I. The van der Waals surface area contributed by atoms with Gasteiger partial charge in [-0.1, -0.05) is 27.7 Å². The van der Waals surface area contributed by atoms with Gasteiger partial charge in [0.15, 0.2) is 5.17 Å². The molecule has 0 aliphatic carbocycles. The molecule has 2 heterocycles. The monoisotopic (exact) mass is 451 g/mol. The van der Waals surface area contributed by atoms with Gasteiger partial charge < -0.3 is 10.3 Å². The van der Waals surface area contributed by atoms with Gasteiger partial charge in [0.25, 0.3) is 0 Å². The van der Waals surface area contributed by atoms with E-state index in [0.717, 1.165) is 28.2 Å². The van der Waals surface area contributed by atoms with E-state index >= 15 is 0 Å². The first-order chi connectivity index (χ1) is 8.83. The lowest BCUT2D eigenvalue weighted by atomic mass is 10.2. The minimum Gasteiger partial charge on any atom is -0.365 e. The van der Waals surface area contributed by atoms with Gasteiger partial charge in [-0.05, 0) is 31.0 Å². The molecule has 2 aromatic rings. The number of benzene rings is 1. The maximum absolute atomic E-state index is 4.57. The van der Waals surface area contributed by atoms with E-state index < -0.39 is 0 Å². The molecule has 3 rings (SSSR count). The second-order valence-corrected chi connectivity index (χ2v) is 6.21. The minimum absolute atomic E-state index is 0. The Balaban J connectivity index is 0.00000133. The van der Waals surface area contributed by atoms with Crippen LogP contribution in [0.2, 0.25) is 0 Å². The first-order valence-electron chi connectivity index (χ1n) is 6.06. The fourth-order valence-corrected chi connectivity index (χ4v) is 3.29. The van der Waals surface area contributed by atoms with Crippen LogP contribution in [0.5, 0.6) is 0 Å². The zero-order chi connectivity index (χ0) is 12.4. The molecule has 0 saturated carbocycles. The van der Waals surface area contributed by atoms with Crippen LogP contribution in [0.25, 0.3) is 10.9 Å². The summed E-state index contributed by atoms with van der Waals surface area (Å²) in [5, 5.41) is 5.66. The number of aliphatic imine (C=N–C) groups is 1. The van der Waals surface area contributed by atoms with Crippen molar-refractivity contribution in [1.29, 1.82) is 0 Å². The van der Waals surface area contributed by atoms with Crippen molar-refractivity contribution in [3.05, 3.63) is 28.9 Å². The third-order valence-corrected chi connectivity index (χ3v) is 4.45. The molecule has 102 valence electrons. The Kier molecular flexibility index (Phi) is 5.58. The van der Waals surface area contributed by atoms with Gasteiger partial charge in [0.2, 0.25) is 0 Å². The standard InChI is InChI=1S/C13H14BrN3S.HI/c14-9-3-4-11-10(7-9)12(8-17-11)18-13-15-5-1-2-6-16-13;/h3-4,7-8,17H,1-2,5-6H2,(H,15,16);1H. The molecule has 1 aromatic heterocycles. The third kappa shape index (κ3) is 3.66. The molecule has 0 fully saturated rings. The van der Waals surface area contributed by atoms with E-state index in [4.69, 9.17) is 0 Å². The van der Waals surface area contributed by atoms with Gasteiger partial charge in [0.1, 0.15) is 0 Å². The fraction of sp³-hybridized carbons (Fsp3) is 0.308. The molecule has 0 spiro atoms.